The second-order valence-electron chi connectivity index (χ2n) is 8.18. The molecule has 3 rings (SSSR count). The van der Waals surface area contributed by atoms with Crippen LogP contribution in [0.3, 0.4) is 0 Å². The van der Waals surface area contributed by atoms with E-state index in [-0.39, 0.29) is 11.8 Å². The first-order chi connectivity index (χ1) is 11.9. The summed E-state index contributed by atoms with van der Waals surface area (Å²) >= 11 is 0. The molecular weight excluding hydrogens is 312 g/mol. The van der Waals surface area contributed by atoms with E-state index in [0.717, 1.165) is 18.5 Å². The lowest BCUT2D eigenvalue weighted by Gasteiger charge is -2.36. The topological polar surface area (TPSA) is 40.6 Å². The Morgan fingerprint density at radius 2 is 1.96 bits per heavy atom. The van der Waals surface area contributed by atoms with Crippen molar-refractivity contribution in [2.45, 2.75) is 52.5 Å². The van der Waals surface area contributed by atoms with Crippen LogP contribution in [0, 0.1) is 11.3 Å². The van der Waals surface area contributed by atoms with Crippen molar-refractivity contribution in [3.8, 4) is 0 Å². The number of rotatable bonds is 5. The van der Waals surface area contributed by atoms with Gasteiger partial charge in [-0.15, -0.1) is 0 Å². The van der Waals surface area contributed by atoms with Gasteiger partial charge >= 0.3 is 0 Å². The Morgan fingerprint density at radius 1 is 1.28 bits per heavy atom. The summed E-state index contributed by atoms with van der Waals surface area (Å²) in [6.45, 7) is 6.00. The van der Waals surface area contributed by atoms with Gasteiger partial charge in [0, 0.05) is 38.3 Å². The monoisotopic (exact) mass is 342 g/mol. The molecule has 1 aromatic carbocycles. The largest absolute Gasteiger partial charge is 0.345 e. The summed E-state index contributed by atoms with van der Waals surface area (Å²) in [5.41, 5.74) is 2.63. The van der Waals surface area contributed by atoms with Crippen molar-refractivity contribution in [2.75, 3.05) is 20.6 Å². The van der Waals surface area contributed by atoms with Crippen LogP contribution in [0.5, 0.6) is 0 Å². The lowest BCUT2D eigenvalue weighted by atomic mass is 9.74. The average Bonchev–Trinajstić information content (AvgIpc) is 3.16. The van der Waals surface area contributed by atoms with Crippen molar-refractivity contribution in [3.05, 3.63) is 34.9 Å². The molecule has 0 spiro atoms. The van der Waals surface area contributed by atoms with Crippen molar-refractivity contribution >= 4 is 11.8 Å². The van der Waals surface area contributed by atoms with Gasteiger partial charge in [-0.05, 0) is 41.9 Å². The fourth-order valence-electron chi connectivity index (χ4n) is 4.68. The standard InChI is InChI=1S/C21H30N2O2/c1-5-15(21(2)11-6-7-12-21)13-23-14-18-16(19(24)22(3)4)9-8-10-17(18)20(23)25/h8-10,15H,5-7,11-14H2,1-4H3. The first kappa shape index (κ1) is 18.0. The van der Waals surface area contributed by atoms with Crippen molar-refractivity contribution in [1.82, 2.24) is 9.80 Å². The molecule has 4 nitrogen and oxygen atoms in total. The summed E-state index contributed by atoms with van der Waals surface area (Å²) in [7, 11) is 3.51. The van der Waals surface area contributed by atoms with Gasteiger partial charge < -0.3 is 9.80 Å². The zero-order valence-electron chi connectivity index (χ0n) is 16.0. The Morgan fingerprint density at radius 3 is 2.56 bits per heavy atom. The number of benzene rings is 1. The Bertz CT molecular complexity index is 674. The van der Waals surface area contributed by atoms with Crippen LogP contribution in [0.1, 0.15) is 72.2 Å². The Kier molecular flexibility index (Phi) is 4.90. The lowest BCUT2D eigenvalue weighted by Crippen LogP contribution is -2.37. The SMILES string of the molecule is CCC(CN1Cc2c(C(=O)N(C)C)cccc2C1=O)C1(C)CCCC1. The van der Waals surface area contributed by atoms with Gasteiger partial charge in [0.15, 0.2) is 0 Å². The Labute approximate surface area is 151 Å². The fraction of sp³-hybridized carbons (Fsp3) is 0.619. The van der Waals surface area contributed by atoms with Crippen molar-refractivity contribution in [1.29, 1.82) is 0 Å². The summed E-state index contributed by atoms with van der Waals surface area (Å²) in [4.78, 5) is 28.9. The highest BCUT2D eigenvalue weighted by atomic mass is 16.2. The molecule has 0 saturated heterocycles. The maximum Gasteiger partial charge on any atom is 0.254 e. The number of hydrogen-bond acceptors (Lipinski definition) is 2. The van der Waals surface area contributed by atoms with Gasteiger partial charge in [0.1, 0.15) is 0 Å². The minimum atomic E-state index is -0.0266. The molecule has 0 aromatic heterocycles. The summed E-state index contributed by atoms with van der Waals surface area (Å²) in [6, 6.07) is 5.53. The Balaban J connectivity index is 1.83. The van der Waals surface area contributed by atoms with Gasteiger partial charge in [0.05, 0.1) is 0 Å². The molecule has 1 aliphatic heterocycles. The van der Waals surface area contributed by atoms with E-state index in [4.69, 9.17) is 0 Å². The van der Waals surface area contributed by atoms with Gasteiger partial charge in [-0.1, -0.05) is 39.2 Å². The van der Waals surface area contributed by atoms with Crippen LogP contribution in [-0.2, 0) is 6.54 Å². The average molecular weight is 342 g/mol. The minimum absolute atomic E-state index is 0.0266. The first-order valence-corrected chi connectivity index (χ1v) is 9.50. The molecule has 1 heterocycles. The van der Waals surface area contributed by atoms with Crippen LogP contribution in [0.4, 0.5) is 0 Å². The maximum absolute atomic E-state index is 12.9. The third-order valence-electron chi connectivity index (χ3n) is 6.34. The van der Waals surface area contributed by atoms with E-state index in [1.807, 2.05) is 23.1 Å². The molecule has 0 N–H and O–H groups in total. The molecule has 1 fully saturated rings. The Hall–Kier alpha value is -1.84. The van der Waals surface area contributed by atoms with Crippen LogP contribution in [0.15, 0.2) is 18.2 Å². The van der Waals surface area contributed by atoms with E-state index >= 15 is 0 Å². The van der Waals surface area contributed by atoms with E-state index in [2.05, 4.69) is 13.8 Å². The predicted octanol–water partition coefficient (Wildman–Crippen LogP) is 3.95. The molecule has 1 atom stereocenters. The first-order valence-electron chi connectivity index (χ1n) is 9.50. The molecular formula is C21H30N2O2. The molecule has 0 bridgehead atoms. The quantitative estimate of drug-likeness (QED) is 0.813. The number of hydrogen-bond donors (Lipinski definition) is 0. The molecule has 1 unspecified atom stereocenters. The fourth-order valence-corrected chi connectivity index (χ4v) is 4.68. The van der Waals surface area contributed by atoms with E-state index in [1.54, 1.807) is 19.0 Å². The third-order valence-corrected chi connectivity index (χ3v) is 6.34. The highest BCUT2D eigenvalue weighted by Crippen LogP contribution is 2.46. The van der Waals surface area contributed by atoms with Crippen molar-refractivity contribution in [3.63, 3.8) is 0 Å². The van der Waals surface area contributed by atoms with Crippen LogP contribution in [0.25, 0.3) is 0 Å². The molecule has 0 radical (unpaired) electrons. The number of amides is 2. The summed E-state index contributed by atoms with van der Waals surface area (Å²) in [5, 5.41) is 0. The summed E-state index contributed by atoms with van der Waals surface area (Å²) in [6.07, 6.45) is 6.25. The van der Waals surface area contributed by atoms with Crippen molar-refractivity contribution < 1.29 is 9.59 Å². The van der Waals surface area contributed by atoms with Gasteiger partial charge in [0.25, 0.3) is 11.8 Å². The van der Waals surface area contributed by atoms with E-state index in [0.29, 0.717) is 29.0 Å². The van der Waals surface area contributed by atoms with Crippen LogP contribution < -0.4 is 0 Å². The normalized spacial score (nSPS) is 19.8. The number of carbonyl (C=O) groups is 2. The minimum Gasteiger partial charge on any atom is -0.345 e. The smallest absolute Gasteiger partial charge is 0.254 e. The second-order valence-corrected chi connectivity index (χ2v) is 8.18. The third kappa shape index (κ3) is 3.19. The zero-order valence-corrected chi connectivity index (χ0v) is 16.0. The lowest BCUT2D eigenvalue weighted by molar-refractivity contribution is 0.0662. The van der Waals surface area contributed by atoms with E-state index in [1.165, 1.54) is 25.7 Å². The highest BCUT2D eigenvalue weighted by molar-refractivity contribution is 6.04. The van der Waals surface area contributed by atoms with Gasteiger partial charge in [-0.3, -0.25) is 9.59 Å². The van der Waals surface area contributed by atoms with Crippen molar-refractivity contribution in [2.24, 2.45) is 11.3 Å². The number of fused-ring (bicyclic) bond motifs is 1. The maximum atomic E-state index is 12.9. The molecule has 1 aliphatic carbocycles. The second kappa shape index (κ2) is 6.81. The van der Waals surface area contributed by atoms with Gasteiger partial charge in [-0.25, -0.2) is 0 Å². The molecule has 4 heteroatoms. The predicted molar refractivity (Wildman–Crippen MR) is 99.6 cm³/mol. The molecule has 136 valence electrons. The molecule has 2 aliphatic rings. The molecule has 1 saturated carbocycles. The summed E-state index contributed by atoms with van der Waals surface area (Å²) in [5.74, 6) is 0.589. The van der Waals surface area contributed by atoms with Crippen LogP contribution >= 0.6 is 0 Å². The van der Waals surface area contributed by atoms with Crippen LogP contribution in [-0.4, -0.2) is 42.3 Å². The van der Waals surface area contributed by atoms with Gasteiger partial charge in [0.2, 0.25) is 0 Å². The molecule has 25 heavy (non-hydrogen) atoms. The molecule has 2 amide bonds. The highest BCUT2D eigenvalue weighted by Gasteiger charge is 2.39. The number of nitrogens with zero attached hydrogens (tertiary/aromatic N) is 2. The van der Waals surface area contributed by atoms with E-state index < -0.39 is 0 Å². The summed E-state index contributed by atoms with van der Waals surface area (Å²) < 4.78 is 0. The number of carbonyl (C=O) groups excluding carboxylic acids is 2. The molecule has 1 aromatic rings. The van der Waals surface area contributed by atoms with E-state index in [9.17, 15) is 9.59 Å². The van der Waals surface area contributed by atoms with Crippen LogP contribution in [0.2, 0.25) is 0 Å². The van der Waals surface area contributed by atoms with Gasteiger partial charge in [-0.2, -0.15) is 0 Å². The zero-order chi connectivity index (χ0) is 18.2.